The minimum absolute atomic E-state index is 0.913. The first-order valence-electron chi connectivity index (χ1n) is 22.4. The maximum atomic E-state index is 6.40. The number of hydrogen-bond acceptors (Lipinski definition) is 1. The van der Waals surface area contributed by atoms with Gasteiger partial charge in [0, 0.05) is 49.3 Å². The third-order valence-electron chi connectivity index (χ3n) is 13.4. The lowest BCUT2D eigenvalue weighted by Gasteiger charge is -2.12. The van der Waals surface area contributed by atoms with E-state index < -0.39 is 0 Å². The van der Waals surface area contributed by atoms with Gasteiger partial charge in [-0.15, -0.1) is 0 Å². The molecule has 0 aliphatic carbocycles. The van der Waals surface area contributed by atoms with Crippen molar-refractivity contribution in [2.24, 2.45) is 0 Å². The summed E-state index contributed by atoms with van der Waals surface area (Å²) in [5.74, 6) is 0. The normalized spacial score (nSPS) is 11.8. The molecule has 13 aromatic rings. The highest BCUT2D eigenvalue weighted by molar-refractivity contribution is 6.13. The maximum absolute atomic E-state index is 6.40. The molecule has 0 aliphatic rings. The van der Waals surface area contributed by atoms with Gasteiger partial charge in [0.25, 0.3) is 0 Å². The van der Waals surface area contributed by atoms with E-state index in [-0.39, 0.29) is 0 Å². The Morgan fingerprint density at radius 3 is 1.46 bits per heavy atom. The van der Waals surface area contributed by atoms with Gasteiger partial charge < -0.3 is 13.6 Å². The number of aromatic nitrogens is 2. The van der Waals surface area contributed by atoms with Crippen molar-refractivity contribution in [1.82, 2.24) is 9.13 Å². The van der Waals surface area contributed by atoms with Crippen LogP contribution in [0.2, 0.25) is 0 Å². The summed E-state index contributed by atoms with van der Waals surface area (Å²) in [6.45, 7) is 4.34. The SMILES string of the molecule is Cc1cc(C)cc(-c2cccc(-c3cccc(-n4c5ccccc5c5cc(-c6ccc7c(c6)c6ccccc6n7-c6ccc(-c7cccc8c7oc7ccccc78)cc6)ccc54)c3)c2)c1. The van der Waals surface area contributed by atoms with Crippen LogP contribution in [0.25, 0.3) is 121 Å². The highest BCUT2D eigenvalue weighted by Crippen LogP contribution is 2.41. The summed E-state index contributed by atoms with van der Waals surface area (Å²) in [6.07, 6.45) is 0. The van der Waals surface area contributed by atoms with E-state index in [1.54, 1.807) is 0 Å². The van der Waals surface area contributed by atoms with Gasteiger partial charge in [0.05, 0.1) is 22.1 Å². The van der Waals surface area contributed by atoms with Gasteiger partial charge in [0.1, 0.15) is 11.2 Å². The van der Waals surface area contributed by atoms with Gasteiger partial charge in [-0.2, -0.15) is 0 Å². The molecular formula is C62H42N2O. The van der Waals surface area contributed by atoms with Gasteiger partial charge in [0.15, 0.2) is 0 Å². The number of furan rings is 1. The molecular weight excluding hydrogens is 789 g/mol. The number of para-hydroxylation sites is 4. The summed E-state index contributed by atoms with van der Waals surface area (Å²) in [5, 5.41) is 7.23. The monoisotopic (exact) mass is 830 g/mol. The van der Waals surface area contributed by atoms with Crippen LogP contribution in [-0.4, -0.2) is 9.13 Å². The number of fused-ring (bicyclic) bond motifs is 9. The van der Waals surface area contributed by atoms with E-state index in [2.05, 4.69) is 229 Å². The Bertz CT molecular complexity index is 4010. The Morgan fingerprint density at radius 2 is 0.785 bits per heavy atom. The molecule has 3 nitrogen and oxygen atoms in total. The number of nitrogens with zero attached hydrogens (tertiary/aromatic N) is 2. The lowest BCUT2D eigenvalue weighted by molar-refractivity contribution is 0.670. The molecule has 0 atom stereocenters. The molecule has 0 saturated heterocycles. The van der Waals surface area contributed by atoms with E-state index in [4.69, 9.17) is 4.42 Å². The van der Waals surface area contributed by atoms with Crippen LogP contribution in [0.1, 0.15) is 11.1 Å². The second-order valence-electron chi connectivity index (χ2n) is 17.5. The van der Waals surface area contributed by atoms with Crippen molar-refractivity contribution in [2.45, 2.75) is 13.8 Å². The molecule has 13 rings (SSSR count). The van der Waals surface area contributed by atoms with Crippen LogP contribution < -0.4 is 0 Å². The van der Waals surface area contributed by atoms with Crippen molar-refractivity contribution in [2.75, 3.05) is 0 Å². The zero-order valence-electron chi connectivity index (χ0n) is 36.1. The third-order valence-corrected chi connectivity index (χ3v) is 13.4. The van der Waals surface area contributed by atoms with Crippen LogP contribution in [0.3, 0.4) is 0 Å². The Balaban J connectivity index is 0.881. The van der Waals surface area contributed by atoms with Crippen molar-refractivity contribution in [3.05, 3.63) is 230 Å². The van der Waals surface area contributed by atoms with Crippen LogP contribution >= 0.6 is 0 Å². The zero-order valence-corrected chi connectivity index (χ0v) is 36.1. The summed E-state index contributed by atoms with van der Waals surface area (Å²) in [7, 11) is 0. The molecule has 65 heavy (non-hydrogen) atoms. The van der Waals surface area contributed by atoms with Crippen LogP contribution in [0.15, 0.2) is 223 Å². The van der Waals surface area contributed by atoms with Crippen LogP contribution in [-0.2, 0) is 0 Å². The summed E-state index contributed by atoms with van der Waals surface area (Å²) in [6, 6.07) is 79.8. The molecule has 3 aromatic heterocycles. The van der Waals surface area contributed by atoms with Crippen molar-refractivity contribution >= 4 is 65.6 Å². The number of benzene rings is 10. The van der Waals surface area contributed by atoms with Gasteiger partial charge >= 0.3 is 0 Å². The van der Waals surface area contributed by atoms with E-state index in [0.29, 0.717) is 0 Å². The zero-order chi connectivity index (χ0) is 43.2. The maximum Gasteiger partial charge on any atom is 0.143 e. The van der Waals surface area contributed by atoms with E-state index in [9.17, 15) is 0 Å². The lowest BCUT2D eigenvalue weighted by Crippen LogP contribution is -1.94. The molecule has 0 N–H and O–H groups in total. The molecule has 3 heteroatoms. The smallest absolute Gasteiger partial charge is 0.143 e. The molecule has 3 heterocycles. The van der Waals surface area contributed by atoms with Gasteiger partial charge in [-0.1, -0.05) is 157 Å². The minimum Gasteiger partial charge on any atom is -0.455 e. The predicted octanol–water partition coefficient (Wildman–Crippen LogP) is 17.1. The second-order valence-corrected chi connectivity index (χ2v) is 17.5. The molecule has 306 valence electrons. The van der Waals surface area contributed by atoms with Crippen molar-refractivity contribution in [3.8, 4) is 55.9 Å². The molecule has 0 bridgehead atoms. The molecule has 0 radical (unpaired) electrons. The van der Waals surface area contributed by atoms with Crippen molar-refractivity contribution in [3.63, 3.8) is 0 Å². The van der Waals surface area contributed by atoms with Crippen molar-refractivity contribution in [1.29, 1.82) is 0 Å². The van der Waals surface area contributed by atoms with E-state index in [0.717, 1.165) is 44.4 Å². The summed E-state index contributed by atoms with van der Waals surface area (Å²) in [4.78, 5) is 0. The van der Waals surface area contributed by atoms with Crippen LogP contribution in [0.4, 0.5) is 0 Å². The average Bonchev–Trinajstić information content (AvgIpc) is 4.01. The fourth-order valence-electron chi connectivity index (χ4n) is 10.5. The third kappa shape index (κ3) is 6.04. The van der Waals surface area contributed by atoms with Gasteiger partial charge in [-0.3, -0.25) is 0 Å². The van der Waals surface area contributed by atoms with E-state index in [1.807, 2.05) is 12.1 Å². The quantitative estimate of drug-likeness (QED) is 0.164. The largest absolute Gasteiger partial charge is 0.455 e. The summed E-state index contributed by atoms with van der Waals surface area (Å²) in [5.41, 5.74) is 20.9. The number of aryl methyl sites for hydroxylation is 2. The molecule has 0 unspecified atom stereocenters. The standard InChI is InChI=1S/C62H42N2O/c1-39-32-40(2)34-47(33-39)43-13-9-12-42(35-43)44-14-10-15-49(36-44)64-58-22-7-4-17-52(58)56-38-46(27-31-60(56)64)45-26-30-59-55(37-45)51-16-3-6-21-57(51)63(59)48-28-24-41(25-29-48)50-19-11-20-54-53-18-5-8-23-61(53)65-62(50)54/h3-38H,1-2H3. The highest BCUT2D eigenvalue weighted by atomic mass is 16.3. The second kappa shape index (κ2) is 14.6. The highest BCUT2D eigenvalue weighted by Gasteiger charge is 2.18. The molecule has 0 spiro atoms. The Hall–Kier alpha value is -8.40. The van der Waals surface area contributed by atoms with Gasteiger partial charge in [0.2, 0.25) is 0 Å². The Labute approximate surface area is 376 Å². The first kappa shape index (κ1) is 37.2. The molecule has 0 fully saturated rings. The first-order valence-corrected chi connectivity index (χ1v) is 22.4. The summed E-state index contributed by atoms with van der Waals surface area (Å²) < 4.78 is 11.2. The van der Waals surface area contributed by atoms with Crippen LogP contribution in [0, 0.1) is 13.8 Å². The lowest BCUT2D eigenvalue weighted by atomic mass is 9.96. The molecule has 10 aromatic carbocycles. The average molecular weight is 831 g/mol. The van der Waals surface area contributed by atoms with Crippen molar-refractivity contribution < 1.29 is 4.42 Å². The topological polar surface area (TPSA) is 23.0 Å². The van der Waals surface area contributed by atoms with E-state index in [1.165, 1.54) is 88.1 Å². The Morgan fingerprint density at radius 1 is 0.292 bits per heavy atom. The fourth-order valence-corrected chi connectivity index (χ4v) is 10.5. The molecule has 0 amide bonds. The number of hydrogen-bond donors (Lipinski definition) is 0. The summed E-state index contributed by atoms with van der Waals surface area (Å²) >= 11 is 0. The fraction of sp³-hybridized carbons (Fsp3) is 0.0323. The number of rotatable bonds is 6. The minimum atomic E-state index is 0.913. The van der Waals surface area contributed by atoms with Crippen LogP contribution in [0.5, 0.6) is 0 Å². The Kier molecular flexibility index (Phi) is 8.34. The van der Waals surface area contributed by atoms with Gasteiger partial charge in [-0.25, -0.2) is 0 Å². The molecule has 0 saturated carbocycles. The predicted molar refractivity (Wildman–Crippen MR) is 274 cm³/mol. The first-order chi connectivity index (χ1) is 32.0. The molecule has 0 aliphatic heterocycles. The van der Waals surface area contributed by atoms with E-state index >= 15 is 0 Å². The van der Waals surface area contributed by atoms with Gasteiger partial charge in [-0.05, 0) is 126 Å².